The number of urea groups is 1. The van der Waals surface area contributed by atoms with Crippen molar-refractivity contribution in [1.29, 1.82) is 0 Å². The van der Waals surface area contributed by atoms with Gasteiger partial charge in [-0.15, -0.1) is 0 Å². The average molecular weight is 488 g/mol. The number of pyridine rings is 1. The lowest BCUT2D eigenvalue weighted by Gasteiger charge is -2.36. The van der Waals surface area contributed by atoms with Crippen LogP contribution in [0.2, 0.25) is 0 Å². The molecule has 1 aliphatic rings. The van der Waals surface area contributed by atoms with Crippen molar-refractivity contribution < 1.29 is 26.5 Å². The number of hydrogen-bond donors (Lipinski definition) is 1. The van der Waals surface area contributed by atoms with Crippen molar-refractivity contribution in [3.05, 3.63) is 83.6 Å². The second kappa shape index (κ2) is 9.47. The predicted octanol–water partition coefficient (Wildman–Crippen LogP) is 5.05. The molecule has 0 unspecified atom stereocenters. The molecule has 2 amide bonds. The second-order valence-corrected chi connectivity index (χ2v) is 9.51. The molecule has 34 heavy (non-hydrogen) atoms. The van der Waals surface area contributed by atoms with Crippen LogP contribution in [-0.4, -0.2) is 42.0 Å². The number of rotatable bonds is 4. The third-order valence-electron chi connectivity index (χ3n) is 5.91. The van der Waals surface area contributed by atoms with Gasteiger partial charge in [-0.1, -0.05) is 24.3 Å². The summed E-state index contributed by atoms with van der Waals surface area (Å²) in [6, 6.07) is 13.0. The number of likely N-dealkylation sites (tertiary alicyclic amines) is 1. The van der Waals surface area contributed by atoms with Crippen LogP contribution in [0.1, 0.15) is 29.9 Å². The van der Waals surface area contributed by atoms with Crippen LogP contribution in [0.25, 0.3) is 0 Å². The number of piperidine rings is 1. The van der Waals surface area contributed by atoms with Crippen molar-refractivity contribution in [3.8, 4) is 0 Å². The first-order chi connectivity index (χ1) is 16.1. The quantitative estimate of drug-likeness (QED) is 0.520. The largest absolute Gasteiger partial charge is 0.329 e. The summed E-state index contributed by atoms with van der Waals surface area (Å²) in [5.41, 5.74) is 1.28. The summed E-state index contributed by atoms with van der Waals surface area (Å²) in [5.74, 6) is -0.765. The summed E-state index contributed by atoms with van der Waals surface area (Å²) in [6.45, 7) is 2.24. The monoisotopic (exact) mass is 487 g/mol. The molecule has 0 saturated carbocycles. The average Bonchev–Trinajstić information content (AvgIpc) is 2.80. The minimum atomic E-state index is -4.55. The van der Waals surface area contributed by atoms with Gasteiger partial charge in [0, 0.05) is 13.1 Å². The SMILES string of the molecule is Cc1cc(N(C(=O)N2CCC(c3ccc(F)cc3)CC2)c2ccccc2F)cnc1S(=O)(=O)O. The van der Waals surface area contributed by atoms with Gasteiger partial charge in [-0.25, -0.2) is 18.6 Å². The first kappa shape index (κ1) is 23.8. The highest BCUT2D eigenvalue weighted by Crippen LogP contribution is 2.33. The molecular formula is C24H23F2N3O4S. The van der Waals surface area contributed by atoms with E-state index in [2.05, 4.69) is 4.98 Å². The molecule has 1 fully saturated rings. The normalized spacial score (nSPS) is 14.8. The predicted molar refractivity (Wildman–Crippen MR) is 123 cm³/mol. The van der Waals surface area contributed by atoms with E-state index in [0.29, 0.717) is 25.9 Å². The van der Waals surface area contributed by atoms with Gasteiger partial charge in [-0.3, -0.25) is 9.45 Å². The van der Waals surface area contributed by atoms with Crippen molar-refractivity contribution >= 4 is 27.5 Å². The van der Waals surface area contributed by atoms with Crippen molar-refractivity contribution in [2.45, 2.75) is 30.7 Å². The molecule has 178 valence electrons. The van der Waals surface area contributed by atoms with E-state index >= 15 is 0 Å². The van der Waals surface area contributed by atoms with Crippen molar-refractivity contribution in [1.82, 2.24) is 9.88 Å². The maximum Gasteiger partial charge on any atom is 0.329 e. The first-order valence-corrected chi connectivity index (χ1v) is 12.1. The van der Waals surface area contributed by atoms with E-state index in [0.717, 1.165) is 16.7 Å². The Labute approximate surface area is 196 Å². The summed E-state index contributed by atoms with van der Waals surface area (Å²) in [6.07, 6.45) is 2.43. The summed E-state index contributed by atoms with van der Waals surface area (Å²) < 4.78 is 60.4. The van der Waals surface area contributed by atoms with Gasteiger partial charge in [-0.05, 0) is 67.1 Å². The van der Waals surface area contributed by atoms with Crippen LogP contribution in [0.4, 0.5) is 25.0 Å². The molecular weight excluding hydrogens is 464 g/mol. The molecule has 0 bridgehead atoms. The molecule has 1 aliphatic heterocycles. The number of nitrogens with zero attached hydrogens (tertiary/aromatic N) is 3. The standard InChI is InChI=1S/C24H23F2N3O4S/c1-16-14-20(15-27-23(16)34(31,32)33)29(22-5-3-2-4-21(22)26)24(30)28-12-10-18(11-13-28)17-6-8-19(25)9-7-17/h2-9,14-15,18H,10-13H2,1H3,(H,31,32,33). The molecule has 7 nitrogen and oxygen atoms in total. The zero-order chi connectivity index (χ0) is 24.5. The minimum absolute atomic E-state index is 0.00559. The van der Waals surface area contributed by atoms with E-state index in [1.165, 1.54) is 43.3 Å². The Morgan fingerprint density at radius 1 is 1.09 bits per heavy atom. The molecule has 1 N–H and O–H groups in total. The molecule has 2 heterocycles. The van der Waals surface area contributed by atoms with Crippen LogP contribution in [0, 0.1) is 18.6 Å². The van der Waals surface area contributed by atoms with E-state index in [-0.39, 0.29) is 28.7 Å². The molecule has 1 saturated heterocycles. The van der Waals surface area contributed by atoms with Crippen LogP contribution in [0.3, 0.4) is 0 Å². The zero-order valence-electron chi connectivity index (χ0n) is 18.4. The van der Waals surface area contributed by atoms with Gasteiger partial charge in [0.05, 0.1) is 17.6 Å². The van der Waals surface area contributed by atoms with Crippen LogP contribution in [0.15, 0.2) is 65.8 Å². The lowest BCUT2D eigenvalue weighted by molar-refractivity contribution is 0.190. The first-order valence-electron chi connectivity index (χ1n) is 10.7. The molecule has 2 aromatic carbocycles. The zero-order valence-corrected chi connectivity index (χ0v) is 19.2. The fourth-order valence-electron chi connectivity index (χ4n) is 4.21. The van der Waals surface area contributed by atoms with Crippen LogP contribution >= 0.6 is 0 Å². The lowest BCUT2D eigenvalue weighted by Crippen LogP contribution is -2.45. The van der Waals surface area contributed by atoms with Crippen molar-refractivity contribution in [3.63, 3.8) is 0 Å². The molecule has 0 aliphatic carbocycles. The Morgan fingerprint density at radius 3 is 2.32 bits per heavy atom. The third-order valence-corrected chi connectivity index (χ3v) is 6.83. The van der Waals surface area contributed by atoms with Crippen molar-refractivity contribution in [2.24, 2.45) is 0 Å². The molecule has 10 heteroatoms. The number of carbonyl (C=O) groups is 1. The Balaban J connectivity index is 1.63. The number of halogens is 2. The Morgan fingerprint density at radius 2 is 1.74 bits per heavy atom. The number of benzene rings is 2. The lowest BCUT2D eigenvalue weighted by atomic mass is 9.89. The highest BCUT2D eigenvalue weighted by atomic mass is 32.2. The number of para-hydroxylation sites is 1. The van der Waals surface area contributed by atoms with E-state index in [1.807, 2.05) is 0 Å². The smallest absolute Gasteiger partial charge is 0.324 e. The van der Waals surface area contributed by atoms with E-state index in [4.69, 9.17) is 0 Å². The maximum atomic E-state index is 14.7. The molecule has 0 spiro atoms. The van der Waals surface area contributed by atoms with Gasteiger partial charge in [0.1, 0.15) is 11.6 Å². The van der Waals surface area contributed by atoms with Crippen LogP contribution < -0.4 is 4.90 Å². The number of aromatic nitrogens is 1. The number of anilines is 2. The minimum Gasteiger partial charge on any atom is -0.324 e. The van der Waals surface area contributed by atoms with Gasteiger partial charge in [0.15, 0.2) is 5.03 Å². The van der Waals surface area contributed by atoms with E-state index < -0.39 is 27.0 Å². The topological polar surface area (TPSA) is 90.8 Å². The fourth-order valence-corrected chi connectivity index (χ4v) is 4.86. The summed E-state index contributed by atoms with van der Waals surface area (Å²) in [4.78, 5) is 20.1. The van der Waals surface area contributed by atoms with Gasteiger partial charge < -0.3 is 4.90 Å². The second-order valence-electron chi connectivity index (χ2n) is 8.17. The van der Waals surface area contributed by atoms with Gasteiger partial charge in [0.25, 0.3) is 0 Å². The summed E-state index contributed by atoms with van der Waals surface area (Å²) >= 11 is 0. The highest BCUT2D eigenvalue weighted by molar-refractivity contribution is 7.85. The Bertz CT molecular complexity index is 1310. The number of amides is 2. The van der Waals surface area contributed by atoms with Crippen LogP contribution in [0.5, 0.6) is 0 Å². The van der Waals surface area contributed by atoms with Crippen molar-refractivity contribution in [2.75, 3.05) is 18.0 Å². The molecule has 4 rings (SSSR count). The number of aryl methyl sites for hydroxylation is 1. The molecule has 0 radical (unpaired) electrons. The molecule has 0 atom stereocenters. The Hall–Kier alpha value is -3.37. The van der Waals surface area contributed by atoms with Crippen LogP contribution in [-0.2, 0) is 10.1 Å². The number of hydrogen-bond acceptors (Lipinski definition) is 4. The number of carbonyl (C=O) groups excluding carboxylic acids is 1. The van der Waals surface area contributed by atoms with Gasteiger partial charge >= 0.3 is 16.1 Å². The highest BCUT2D eigenvalue weighted by Gasteiger charge is 2.31. The molecule has 3 aromatic rings. The Kier molecular flexibility index (Phi) is 6.63. The maximum absolute atomic E-state index is 14.7. The van der Waals surface area contributed by atoms with Gasteiger partial charge in [0.2, 0.25) is 0 Å². The molecule has 1 aromatic heterocycles. The van der Waals surface area contributed by atoms with E-state index in [9.17, 15) is 26.5 Å². The fraction of sp³-hybridized carbons (Fsp3) is 0.250. The summed E-state index contributed by atoms with van der Waals surface area (Å²) in [5, 5.41) is -0.530. The third kappa shape index (κ3) is 4.92. The van der Waals surface area contributed by atoms with E-state index in [1.54, 1.807) is 23.1 Å². The summed E-state index contributed by atoms with van der Waals surface area (Å²) in [7, 11) is -4.55. The van der Waals surface area contributed by atoms with Gasteiger partial charge in [-0.2, -0.15) is 8.42 Å².